The molecule has 0 fully saturated rings. The van der Waals surface area contributed by atoms with E-state index in [0.717, 1.165) is 0 Å². The predicted molar refractivity (Wildman–Crippen MR) is 126 cm³/mol. The second-order valence-electron chi connectivity index (χ2n) is 9.01. The SMILES string of the molecule is CC(C)C1COC(=O)c2cccc(c2)C(=O)OC[C@H](C(C)C)NC(=O)c2cccc(c2)C(=O)N1. The van der Waals surface area contributed by atoms with Gasteiger partial charge in [0.1, 0.15) is 13.2 Å². The number of carbonyl (C=O) groups excluding carboxylic acids is 4. The third-order valence-corrected chi connectivity index (χ3v) is 5.75. The predicted octanol–water partition coefficient (Wildman–Crippen LogP) is 3.22. The molecular weight excluding hydrogens is 436 g/mol. The van der Waals surface area contributed by atoms with Crippen molar-refractivity contribution < 1.29 is 28.7 Å². The highest BCUT2D eigenvalue weighted by atomic mass is 16.5. The van der Waals surface area contributed by atoms with Crippen LogP contribution in [0, 0.1) is 11.8 Å². The summed E-state index contributed by atoms with van der Waals surface area (Å²) in [5.41, 5.74) is 1.02. The summed E-state index contributed by atoms with van der Waals surface area (Å²) in [6, 6.07) is 11.5. The topological polar surface area (TPSA) is 111 Å². The maximum Gasteiger partial charge on any atom is 0.338 e. The number of carbonyl (C=O) groups is 4. The zero-order valence-corrected chi connectivity index (χ0v) is 19.8. The highest BCUT2D eigenvalue weighted by Gasteiger charge is 2.23. The first-order valence-electron chi connectivity index (χ1n) is 11.3. The summed E-state index contributed by atoms with van der Waals surface area (Å²) < 4.78 is 10.9. The van der Waals surface area contributed by atoms with Crippen molar-refractivity contribution in [2.75, 3.05) is 13.2 Å². The van der Waals surface area contributed by atoms with E-state index in [4.69, 9.17) is 9.47 Å². The number of nitrogens with one attached hydrogen (secondary N) is 2. The van der Waals surface area contributed by atoms with Crippen molar-refractivity contribution in [3.05, 3.63) is 70.8 Å². The Labute approximate surface area is 199 Å². The maximum atomic E-state index is 12.9. The zero-order chi connectivity index (χ0) is 24.8. The van der Waals surface area contributed by atoms with Crippen LogP contribution in [0.25, 0.3) is 0 Å². The summed E-state index contributed by atoms with van der Waals surface area (Å²) in [5.74, 6) is -2.01. The van der Waals surface area contributed by atoms with Gasteiger partial charge in [-0.25, -0.2) is 9.59 Å². The molecule has 0 aromatic heterocycles. The molecule has 34 heavy (non-hydrogen) atoms. The van der Waals surface area contributed by atoms with Crippen molar-refractivity contribution in [3.8, 4) is 0 Å². The average molecular weight is 467 g/mol. The second kappa shape index (κ2) is 11.0. The normalized spacial score (nSPS) is 20.1. The lowest BCUT2D eigenvalue weighted by molar-refractivity contribution is 0.0426. The Morgan fingerprint density at radius 3 is 1.38 bits per heavy atom. The average Bonchev–Trinajstić information content (AvgIpc) is 2.82. The van der Waals surface area contributed by atoms with Gasteiger partial charge in [-0.15, -0.1) is 0 Å². The Hall–Kier alpha value is -3.68. The number of amides is 2. The minimum Gasteiger partial charge on any atom is -0.460 e. The van der Waals surface area contributed by atoms with Gasteiger partial charge in [0.2, 0.25) is 0 Å². The number of ether oxygens (including phenoxy) is 2. The van der Waals surface area contributed by atoms with Crippen LogP contribution >= 0.6 is 0 Å². The molecule has 0 spiro atoms. The van der Waals surface area contributed by atoms with Gasteiger partial charge in [0, 0.05) is 11.1 Å². The van der Waals surface area contributed by atoms with Crippen molar-refractivity contribution in [2.45, 2.75) is 39.8 Å². The molecule has 8 nitrogen and oxygen atoms in total. The quantitative estimate of drug-likeness (QED) is 0.658. The number of esters is 2. The summed E-state index contributed by atoms with van der Waals surface area (Å²) in [6.07, 6.45) is 0. The Morgan fingerprint density at radius 2 is 1.00 bits per heavy atom. The first-order chi connectivity index (χ1) is 16.2. The molecule has 2 N–H and O–H groups in total. The van der Waals surface area contributed by atoms with Crippen LogP contribution in [0.3, 0.4) is 0 Å². The molecule has 4 bridgehead atoms. The lowest BCUT2D eigenvalue weighted by atomic mass is 10.0. The maximum absolute atomic E-state index is 12.9. The molecule has 2 aromatic carbocycles. The third kappa shape index (κ3) is 6.21. The van der Waals surface area contributed by atoms with Crippen LogP contribution in [-0.4, -0.2) is 49.1 Å². The molecule has 1 aliphatic heterocycles. The molecule has 3 rings (SSSR count). The molecule has 8 heteroatoms. The number of benzene rings is 2. The number of fused-ring (bicyclic) bond motifs is 4. The lowest BCUT2D eigenvalue weighted by Gasteiger charge is -2.23. The monoisotopic (exact) mass is 466 g/mol. The summed E-state index contributed by atoms with van der Waals surface area (Å²) in [7, 11) is 0. The Bertz CT molecular complexity index is 1000. The van der Waals surface area contributed by atoms with Crippen LogP contribution in [0.5, 0.6) is 0 Å². The Kier molecular flexibility index (Phi) is 8.04. The molecule has 1 aliphatic rings. The standard InChI is InChI=1S/C26H30N2O6/c1-15(2)21-13-33-25(31)19-9-6-10-20(12-19)26(32)34-14-22(16(3)4)28-24(30)18-8-5-7-17(11-18)23(29)27-21/h5-12,15-16,21-22H,13-14H2,1-4H3,(H,27,29)(H,28,30)/t21-,22?/m1/s1. The first-order valence-corrected chi connectivity index (χ1v) is 11.3. The molecule has 2 aromatic rings. The molecule has 0 saturated heterocycles. The van der Waals surface area contributed by atoms with Crippen molar-refractivity contribution in [3.63, 3.8) is 0 Å². The van der Waals surface area contributed by atoms with E-state index in [2.05, 4.69) is 10.6 Å². The highest BCUT2D eigenvalue weighted by molar-refractivity contribution is 6.00. The number of cyclic esters (lactones) is 2. The fourth-order valence-electron chi connectivity index (χ4n) is 3.38. The van der Waals surface area contributed by atoms with Crippen LogP contribution in [0.4, 0.5) is 0 Å². The second-order valence-corrected chi connectivity index (χ2v) is 9.01. The molecule has 2 atom stereocenters. The fraction of sp³-hybridized carbons (Fsp3) is 0.385. The fourth-order valence-corrected chi connectivity index (χ4v) is 3.38. The van der Waals surface area contributed by atoms with Crippen molar-refractivity contribution in [1.82, 2.24) is 10.6 Å². The van der Waals surface area contributed by atoms with Crippen molar-refractivity contribution in [2.24, 2.45) is 11.8 Å². The molecule has 180 valence electrons. The zero-order valence-electron chi connectivity index (χ0n) is 19.8. The highest BCUT2D eigenvalue weighted by Crippen LogP contribution is 2.14. The van der Waals surface area contributed by atoms with E-state index in [1.807, 2.05) is 27.7 Å². The molecule has 0 saturated carbocycles. The van der Waals surface area contributed by atoms with Crippen LogP contribution in [0.15, 0.2) is 48.5 Å². The van der Waals surface area contributed by atoms with Crippen LogP contribution in [0.2, 0.25) is 0 Å². The lowest BCUT2D eigenvalue weighted by Crippen LogP contribution is -2.43. The van der Waals surface area contributed by atoms with E-state index in [9.17, 15) is 19.2 Å². The largest absolute Gasteiger partial charge is 0.460 e. The minimum absolute atomic E-state index is 0.0260. The summed E-state index contributed by atoms with van der Waals surface area (Å²) in [5, 5.41) is 5.77. The molecule has 1 unspecified atom stereocenters. The Balaban J connectivity index is 1.95. The van der Waals surface area contributed by atoms with Gasteiger partial charge in [-0.1, -0.05) is 39.8 Å². The van der Waals surface area contributed by atoms with E-state index in [0.29, 0.717) is 11.1 Å². The molecule has 1 heterocycles. The van der Waals surface area contributed by atoms with E-state index in [1.165, 1.54) is 12.1 Å². The van der Waals surface area contributed by atoms with Gasteiger partial charge >= 0.3 is 11.9 Å². The van der Waals surface area contributed by atoms with E-state index < -0.39 is 24.0 Å². The number of hydrogen-bond acceptors (Lipinski definition) is 6. The first kappa shape index (κ1) is 25.0. The van der Waals surface area contributed by atoms with Crippen molar-refractivity contribution >= 4 is 23.8 Å². The molecular formula is C26H30N2O6. The van der Waals surface area contributed by atoms with Gasteiger partial charge in [0.15, 0.2) is 0 Å². The van der Waals surface area contributed by atoms with Gasteiger partial charge in [-0.2, -0.15) is 0 Å². The van der Waals surface area contributed by atoms with Gasteiger partial charge in [-0.3, -0.25) is 9.59 Å². The minimum atomic E-state index is -0.606. The third-order valence-electron chi connectivity index (χ3n) is 5.75. The van der Waals surface area contributed by atoms with Gasteiger partial charge in [0.05, 0.1) is 23.2 Å². The molecule has 0 aliphatic carbocycles. The van der Waals surface area contributed by atoms with Crippen molar-refractivity contribution in [1.29, 1.82) is 0 Å². The van der Waals surface area contributed by atoms with Gasteiger partial charge in [-0.05, 0) is 48.2 Å². The summed E-state index contributed by atoms with van der Waals surface area (Å²) in [4.78, 5) is 51.0. The summed E-state index contributed by atoms with van der Waals surface area (Å²) in [6.45, 7) is 7.50. The van der Waals surface area contributed by atoms with Crippen LogP contribution < -0.4 is 10.6 Å². The smallest absolute Gasteiger partial charge is 0.338 e. The summed E-state index contributed by atoms with van der Waals surface area (Å²) >= 11 is 0. The van der Waals surface area contributed by atoms with E-state index >= 15 is 0 Å². The number of hydrogen-bond donors (Lipinski definition) is 2. The molecule has 0 radical (unpaired) electrons. The van der Waals surface area contributed by atoms with Crippen LogP contribution in [0.1, 0.15) is 69.1 Å². The molecule has 2 amide bonds. The number of rotatable bonds is 2. The van der Waals surface area contributed by atoms with Crippen LogP contribution in [-0.2, 0) is 9.47 Å². The Morgan fingerprint density at radius 1 is 0.647 bits per heavy atom. The van der Waals surface area contributed by atoms with Gasteiger partial charge < -0.3 is 20.1 Å². The van der Waals surface area contributed by atoms with E-state index in [-0.39, 0.29) is 48.0 Å². The van der Waals surface area contributed by atoms with Gasteiger partial charge in [0.25, 0.3) is 11.8 Å². The van der Waals surface area contributed by atoms with E-state index in [1.54, 1.807) is 36.4 Å².